The number of carboxylic acids is 1. The molecule has 4 rings (SSSR count). The predicted molar refractivity (Wildman–Crippen MR) is 146 cm³/mol. The molecule has 0 aliphatic carbocycles. The summed E-state index contributed by atoms with van der Waals surface area (Å²) in [4.78, 5) is 34.6. The minimum atomic E-state index is -1.82. The number of rotatable bonds is 11. The average Bonchev–Trinajstić information content (AvgIpc) is 2.94. The Bertz CT molecular complexity index is 1430. The highest BCUT2D eigenvalue weighted by Crippen LogP contribution is 2.40. The predicted octanol–water partition coefficient (Wildman–Crippen LogP) is 5.78. The number of methoxy groups -OCH3 is 1. The van der Waals surface area contributed by atoms with Gasteiger partial charge >= 0.3 is 12.0 Å². The summed E-state index contributed by atoms with van der Waals surface area (Å²) in [5.74, 6) is -1.69. The van der Waals surface area contributed by atoms with Crippen molar-refractivity contribution in [1.82, 2.24) is 9.97 Å². The van der Waals surface area contributed by atoms with Crippen LogP contribution in [0.3, 0.4) is 0 Å². The zero-order chi connectivity index (χ0) is 28.0. The highest BCUT2D eigenvalue weighted by atomic mass is 35.5. The number of aryl methyl sites for hydroxylation is 1. The van der Waals surface area contributed by atoms with E-state index in [4.69, 9.17) is 37.4 Å². The van der Waals surface area contributed by atoms with Crippen molar-refractivity contribution in [3.05, 3.63) is 117 Å². The molecule has 0 aliphatic rings. The topological polar surface area (TPSA) is 108 Å². The number of benzene rings is 3. The van der Waals surface area contributed by atoms with Gasteiger partial charge in [-0.3, -0.25) is 4.79 Å². The lowest BCUT2D eigenvalue weighted by Gasteiger charge is -2.38. The summed E-state index contributed by atoms with van der Waals surface area (Å²) in [6.07, 6.45) is -1.74. The van der Waals surface area contributed by atoms with Crippen LogP contribution in [0.2, 0.25) is 10.0 Å². The van der Waals surface area contributed by atoms with Gasteiger partial charge in [0.25, 0.3) is 0 Å². The maximum absolute atomic E-state index is 13.3. The van der Waals surface area contributed by atoms with Gasteiger partial charge < -0.3 is 19.3 Å². The highest BCUT2D eigenvalue weighted by molar-refractivity contribution is 6.43. The molecule has 0 fully saturated rings. The third-order valence-corrected chi connectivity index (χ3v) is 6.74. The second-order valence-corrected chi connectivity index (χ2v) is 9.24. The molecule has 1 unspecified atom stereocenters. The second-order valence-electron chi connectivity index (χ2n) is 8.45. The van der Waals surface area contributed by atoms with Crippen LogP contribution in [-0.4, -0.2) is 46.6 Å². The Morgan fingerprint density at radius 2 is 1.54 bits per heavy atom. The molecule has 0 aliphatic heterocycles. The Kier molecular flexibility index (Phi) is 8.81. The van der Waals surface area contributed by atoms with Gasteiger partial charge in [-0.25, -0.2) is 9.78 Å². The summed E-state index contributed by atoms with van der Waals surface area (Å²) in [7, 11) is 1.42. The van der Waals surface area contributed by atoms with Crippen LogP contribution in [0.4, 0.5) is 0 Å². The van der Waals surface area contributed by atoms with Crippen molar-refractivity contribution in [2.24, 2.45) is 0 Å². The van der Waals surface area contributed by atoms with E-state index in [1.165, 1.54) is 13.2 Å². The van der Waals surface area contributed by atoms with Crippen LogP contribution in [-0.2, 0) is 15.1 Å². The normalized spacial score (nSPS) is 12.0. The van der Waals surface area contributed by atoms with Gasteiger partial charge in [-0.05, 0) is 30.2 Å². The molecule has 10 heteroatoms. The first kappa shape index (κ1) is 28.0. The molecule has 39 heavy (non-hydrogen) atoms. The van der Waals surface area contributed by atoms with Gasteiger partial charge in [-0.2, -0.15) is 4.98 Å². The first-order chi connectivity index (χ1) is 18.8. The van der Waals surface area contributed by atoms with Gasteiger partial charge in [0.2, 0.25) is 12.0 Å². The van der Waals surface area contributed by atoms with Crippen LogP contribution >= 0.6 is 23.2 Å². The summed E-state index contributed by atoms with van der Waals surface area (Å²) in [5.41, 5.74) is -0.340. The van der Waals surface area contributed by atoms with Gasteiger partial charge in [0.15, 0.2) is 11.4 Å². The standard InChI is InChI=1S/C29H24Cl2N2O6/c1-18-16-24(37-2)33-28(32-18)39-26(27(35)36)29(19-10-5-3-6-11-19,20-12-7-4-8-13-20)38-17-23(34)21-14-9-15-22(30)25(21)31/h3-16,26H,17H2,1-2H3,(H,35,36). The van der Waals surface area contributed by atoms with Crippen molar-refractivity contribution < 1.29 is 28.9 Å². The van der Waals surface area contributed by atoms with Crippen molar-refractivity contribution in [2.75, 3.05) is 13.7 Å². The third-order valence-electron chi connectivity index (χ3n) is 5.92. The number of halogens is 2. The highest BCUT2D eigenvalue weighted by Gasteiger charge is 2.50. The van der Waals surface area contributed by atoms with E-state index in [0.717, 1.165) is 0 Å². The van der Waals surface area contributed by atoms with Gasteiger partial charge in [-0.1, -0.05) is 89.9 Å². The first-order valence-electron chi connectivity index (χ1n) is 11.8. The number of aromatic nitrogens is 2. The Hall–Kier alpha value is -3.98. The third kappa shape index (κ3) is 6.04. The average molecular weight is 567 g/mol. The maximum atomic E-state index is 13.3. The number of aliphatic carboxylic acids is 1. The molecule has 0 bridgehead atoms. The molecule has 200 valence electrons. The molecule has 8 nitrogen and oxygen atoms in total. The van der Waals surface area contributed by atoms with Crippen LogP contribution in [0, 0.1) is 6.92 Å². The van der Waals surface area contributed by atoms with Gasteiger partial charge in [0, 0.05) is 17.3 Å². The number of hydrogen-bond donors (Lipinski definition) is 1. The van der Waals surface area contributed by atoms with E-state index < -0.39 is 30.1 Å². The van der Waals surface area contributed by atoms with E-state index in [0.29, 0.717) is 16.8 Å². The zero-order valence-corrected chi connectivity index (χ0v) is 22.5. The fraction of sp³-hybridized carbons (Fsp3) is 0.172. The first-order valence-corrected chi connectivity index (χ1v) is 12.5. The molecule has 0 radical (unpaired) electrons. The number of ketones is 1. The minimum Gasteiger partial charge on any atom is -0.481 e. The van der Waals surface area contributed by atoms with Crippen molar-refractivity contribution >= 4 is 35.0 Å². The lowest BCUT2D eigenvalue weighted by molar-refractivity contribution is -0.162. The number of carbonyl (C=O) groups excluding carboxylic acids is 1. The Morgan fingerprint density at radius 1 is 0.923 bits per heavy atom. The summed E-state index contributed by atoms with van der Waals surface area (Å²) < 4.78 is 17.5. The van der Waals surface area contributed by atoms with Gasteiger partial charge in [-0.15, -0.1) is 0 Å². The van der Waals surface area contributed by atoms with E-state index in [1.54, 1.807) is 85.8 Å². The Morgan fingerprint density at radius 3 is 2.10 bits per heavy atom. The number of hydrogen-bond acceptors (Lipinski definition) is 7. The lowest BCUT2D eigenvalue weighted by Crippen LogP contribution is -2.52. The van der Waals surface area contributed by atoms with Gasteiger partial charge in [0.05, 0.1) is 17.2 Å². The molecule has 3 aromatic carbocycles. The van der Waals surface area contributed by atoms with Crippen molar-refractivity contribution in [3.8, 4) is 11.9 Å². The molecule has 1 aromatic heterocycles. The molecule has 0 saturated heterocycles. The molecule has 0 saturated carbocycles. The number of nitrogens with zero attached hydrogens (tertiary/aromatic N) is 2. The molecule has 1 N–H and O–H groups in total. The van der Waals surface area contributed by atoms with E-state index >= 15 is 0 Å². The summed E-state index contributed by atoms with van der Waals surface area (Å²) in [6.45, 7) is 1.15. The monoisotopic (exact) mass is 566 g/mol. The quantitative estimate of drug-likeness (QED) is 0.228. The summed E-state index contributed by atoms with van der Waals surface area (Å²) in [6, 6.07) is 23.3. The van der Waals surface area contributed by atoms with E-state index in [1.807, 2.05) is 0 Å². The van der Waals surface area contributed by atoms with E-state index in [-0.39, 0.29) is 27.5 Å². The molecular formula is C29H24Cl2N2O6. The summed E-state index contributed by atoms with van der Waals surface area (Å²) in [5, 5.41) is 10.8. The van der Waals surface area contributed by atoms with Crippen LogP contribution in [0.1, 0.15) is 27.2 Å². The summed E-state index contributed by atoms with van der Waals surface area (Å²) >= 11 is 12.4. The van der Waals surface area contributed by atoms with E-state index in [9.17, 15) is 14.7 Å². The minimum absolute atomic E-state index is 0.0732. The fourth-order valence-electron chi connectivity index (χ4n) is 4.14. The van der Waals surface area contributed by atoms with Crippen LogP contribution in [0.5, 0.6) is 11.9 Å². The van der Waals surface area contributed by atoms with Crippen LogP contribution in [0.15, 0.2) is 84.9 Å². The largest absolute Gasteiger partial charge is 0.481 e. The second kappa shape index (κ2) is 12.3. The molecule has 0 amide bonds. The molecule has 4 aromatic rings. The number of carboxylic acid groups (broad SMARTS) is 1. The SMILES string of the molecule is COc1cc(C)nc(OC(C(=O)O)C(OCC(=O)c2cccc(Cl)c2Cl)(c2ccccc2)c2ccccc2)n1. The number of ether oxygens (including phenoxy) is 3. The zero-order valence-electron chi connectivity index (χ0n) is 21.0. The fourth-order valence-corrected chi connectivity index (χ4v) is 4.55. The Balaban J connectivity index is 1.87. The maximum Gasteiger partial charge on any atom is 0.348 e. The van der Waals surface area contributed by atoms with E-state index in [2.05, 4.69) is 9.97 Å². The molecule has 1 atom stereocenters. The van der Waals surface area contributed by atoms with Crippen molar-refractivity contribution in [3.63, 3.8) is 0 Å². The van der Waals surface area contributed by atoms with Crippen molar-refractivity contribution in [1.29, 1.82) is 0 Å². The molecule has 0 spiro atoms. The smallest absolute Gasteiger partial charge is 0.348 e. The Labute approximate surface area is 235 Å². The number of carbonyl (C=O) groups is 2. The van der Waals surface area contributed by atoms with Gasteiger partial charge in [0.1, 0.15) is 6.61 Å². The molecule has 1 heterocycles. The van der Waals surface area contributed by atoms with Crippen LogP contribution in [0.25, 0.3) is 0 Å². The lowest BCUT2D eigenvalue weighted by atomic mass is 9.81. The van der Waals surface area contributed by atoms with Crippen LogP contribution < -0.4 is 9.47 Å². The number of Topliss-reactive ketones (excluding diaryl/α,β-unsaturated/α-hetero) is 1. The van der Waals surface area contributed by atoms with Crippen molar-refractivity contribution in [2.45, 2.75) is 18.6 Å². The molecular weight excluding hydrogens is 543 g/mol.